The van der Waals surface area contributed by atoms with Crippen LogP contribution in [-0.4, -0.2) is 69.6 Å². The number of carbonyl (C=O) groups is 1. The Morgan fingerprint density at radius 1 is 1.03 bits per heavy atom. The molecule has 1 fully saturated rings. The lowest BCUT2D eigenvalue weighted by Crippen LogP contribution is -2.51. The summed E-state index contributed by atoms with van der Waals surface area (Å²) in [4.78, 5) is 16.8. The highest BCUT2D eigenvalue weighted by Crippen LogP contribution is 2.19. The monoisotopic (exact) mass is 539 g/mol. The van der Waals surface area contributed by atoms with Gasteiger partial charge in [0.25, 0.3) is 0 Å². The van der Waals surface area contributed by atoms with E-state index in [0.717, 1.165) is 29.5 Å². The van der Waals surface area contributed by atoms with Crippen LogP contribution >= 0.6 is 22.6 Å². The van der Waals surface area contributed by atoms with Crippen LogP contribution in [0.1, 0.15) is 5.56 Å². The number of amides is 1. The second-order valence-electron chi connectivity index (χ2n) is 7.24. The zero-order chi connectivity index (χ0) is 21.6. The number of benzene rings is 2. The van der Waals surface area contributed by atoms with Gasteiger partial charge >= 0.3 is 0 Å². The molecule has 2 aromatic carbocycles. The van der Waals surface area contributed by atoms with Crippen molar-refractivity contribution in [1.29, 1.82) is 0 Å². The zero-order valence-electron chi connectivity index (χ0n) is 16.9. The van der Waals surface area contributed by atoms with E-state index < -0.39 is 10.0 Å². The van der Waals surface area contributed by atoms with Crippen molar-refractivity contribution >= 4 is 50.3 Å². The van der Waals surface area contributed by atoms with Crippen molar-refractivity contribution in [3.05, 3.63) is 69.8 Å². The molecule has 0 aliphatic carbocycles. The Balaban J connectivity index is 1.53. The molecule has 0 saturated carbocycles. The average Bonchev–Trinajstić information content (AvgIpc) is 2.73. The van der Waals surface area contributed by atoms with Crippen molar-refractivity contribution in [3.8, 4) is 0 Å². The SMILES string of the molecule is CS(=O)(=O)N(CC(=O)N1CCN(C/C=C/c2ccccc2)CC1)c1ccc(I)cc1. The number of anilines is 1. The minimum Gasteiger partial charge on any atom is -0.339 e. The van der Waals surface area contributed by atoms with E-state index >= 15 is 0 Å². The van der Waals surface area contributed by atoms with Gasteiger partial charge in [0, 0.05) is 36.3 Å². The Morgan fingerprint density at radius 3 is 2.27 bits per heavy atom. The van der Waals surface area contributed by atoms with Crippen LogP contribution in [0.3, 0.4) is 0 Å². The van der Waals surface area contributed by atoms with Gasteiger partial charge < -0.3 is 4.90 Å². The summed E-state index contributed by atoms with van der Waals surface area (Å²) < 4.78 is 26.7. The summed E-state index contributed by atoms with van der Waals surface area (Å²) in [7, 11) is -3.55. The van der Waals surface area contributed by atoms with E-state index in [1.165, 1.54) is 9.87 Å². The standard InChI is InChI=1S/C22H26IN3O3S/c1-30(28,29)26(21-11-9-20(23)10-12-21)18-22(27)25-16-14-24(15-17-25)13-5-8-19-6-3-2-4-7-19/h2-12H,13-18H2,1H3/b8-5+. The van der Waals surface area contributed by atoms with Crippen LogP contribution in [-0.2, 0) is 14.8 Å². The smallest absolute Gasteiger partial charge is 0.243 e. The Labute approximate surface area is 192 Å². The summed E-state index contributed by atoms with van der Waals surface area (Å²) in [5, 5.41) is 0. The second kappa shape index (κ2) is 10.4. The molecule has 8 heteroatoms. The van der Waals surface area contributed by atoms with Gasteiger partial charge in [0.15, 0.2) is 0 Å². The molecule has 0 bridgehead atoms. The molecular weight excluding hydrogens is 513 g/mol. The molecule has 30 heavy (non-hydrogen) atoms. The van der Waals surface area contributed by atoms with Gasteiger partial charge in [0.2, 0.25) is 15.9 Å². The van der Waals surface area contributed by atoms with Crippen LogP contribution in [0.4, 0.5) is 5.69 Å². The molecule has 1 heterocycles. The first-order chi connectivity index (χ1) is 14.3. The van der Waals surface area contributed by atoms with Gasteiger partial charge in [0.1, 0.15) is 6.54 Å². The van der Waals surface area contributed by atoms with Gasteiger partial charge in [-0.3, -0.25) is 14.0 Å². The third-order valence-corrected chi connectivity index (χ3v) is 6.85. The predicted molar refractivity (Wildman–Crippen MR) is 130 cm³/mol. The first-order valence-corrected chi connectivity index (χ1v) is 12.7. The second-order valence-corrected chi connectivity index (χ2v) is 10.4. The van der Waals surface area contributed by atoms with Gasteiger partial charge in [0.05, 0.1) is 11.9 Å². The summed E-state index contributed by atoms with van der Waals surface area (Å²) in [6.45, 7) is 3.40. The fourth-order valence-electron chi connectivity index (χ4n) is 3.31. The van der Waals surface area contributed by atoms with Gasteiger partial charge in [-0.05, 0) is 52.4 Å². The van der Waals surface area contributed by atoms with Crippen LogP contribution in [0.25, 0.3) is 6.08 Å². The van der Waals surface area contributed by atoms with Crippen LogP contribution in [0.15, 0.2) is 60.7 Å². The number of nitrogens with zero attached hydrogens (tertiary/aromatic N) is 3. The molecule has 0 N–H and O–H groups in total. The van der Waals surface area contributed by atoms with Gasteiger partial charge in [-0.15, -0.1) is 0 Å². The maximum absolute atomic E-state index is 12.8. The largest absolute Gasteiger partial charge is 0.339 e. The van der Waals surface area contributed by atoms with Crippen molar-refractivity contribution in [1.82, 2.24) is 9.80 Å². The predicted octanol–water partition coefficient (Wildman–Crippen LogP) is 2.91. The van der Waals surface area contributed by atoms with Crippen LogP contribution in [0.2, 0.25) is 0 Å². The molecule has 6 nitrogen and oxygen atoms in total. The number of rotatable bonds is 7. The van der Waals surface area contributed by atoms with E-state index in [0.29, 0.717) is 18.8 Å². The van der Waals surface area contributed by atoms with Gasteiger partial charge in [-0.25, -0.2) is 8.42 Å². The summed E-state index contributed by atoms with van der Waals surface area (Å²) in [6.07, 6.45) is 5.37. The van der Waals surface area contributed by atoms with E-state index in [9.17, 15) is 13.2 Å². The molecule has 0 atom stereocenters. The number of halogens is 1. The van der Waals surface area contributed by atoms with E-state index in [4.69, 9.17) is 0 Å². The molecular formula is C22H26IN3O3S. The third-order valence-electron chi connectivity index (χ3n) is 4.99. The van der Waals surface area contributed by atoms with Crippen LogP contribution in [0, 0.1) is 3.57 Å². The molecule has 1 aliphatic heterocycles. The summed E-state index contributed by atoms with van der Waals surface area (Å²) >= 11 is 2.16. The number of carbonyl (C=O) groups excluding carboxylic acids is 1. The first kappa shape index (κ1) is 22.8. The van der Waals surface area contributed by atoms with Crippen molar-refractivity contribution in [2.45, 2.75) is 0 Å². The van der Waals surface area contributed by atoms with Crippen molar-refractivity contribution in [2.24, 2.45) is 0 Å². The number of sulfonamides is 1. The van der Waals surface area contributed by atoms with Gasteiger partial charge in [-0.1, -0.05) is 42.5 Å². The molecule has 0 spiro atoms. The summed E-state index contributed by atoms with van der Waals surface area (Å²) in [5.74, 6) is -0.168. The topological polar surface area (TPSA) is 60.9 Å². The average molecular weight is 539 g/mol. The maximum atomic E-state index is 12.8. The zero-order valence-corrected chi connectivity index (χ0v) is 19.9. The summed E-state index contributed by atoms with van der Waals surface area (Å²) in [5.41, 5.74) is 1.68. The minimum atomic E-state index is -3.55. The fraction of sp³-hybridized carbons (Fsp3) is 0.318. The molecule has 1 saturated heterocycles. The molecule has 2 aromatic rings. The van der Waals surface area contributed by atoms with E-state index in [-0.39, 0.29) is 12.5 Å². The molecule has 0 radical (unpaired) electrons. The highest BCUT2D eigenvalue weighted by atomic mass is 127. The Hall–Kier alpha value is -1.91. The van der Waals surface area contributed by atoms with Gasteiger partial charge in [-0.2, -0.15) is 0 Å². The van der Waals surface area contributed by atoms with Crippen LogP contribution in [0.5, 0.6) is 0 Å². The number of hydrogen-bond acceptors (Lipinski definition) is 4. The minimum absolute atomic E-state index is 0.168. The van der Waals surface area contributed by atoms with E-state index in [1.54, 1.807) is 17.0 Å². The first-order valence-electron chi connectivity index (χ1n) is 9.78. The van der Waals surface area contributed by atoms with E-state index in [1.807, 2.05) is 30.3 Å². The lowest BCUT2D eigenvalue weighted by molar-refractivity contribution is -0.131. The molecule has 3 rings (SSSR count). The van der Waals surface area contributed by atoms with Crippen molar-refractivity contribution in [3.63, 3.8) is 0 Å². The Kier molecular flexibility index (Phi) is 7.90. The number of piperazine rings is 1. The normalized spacial score (nSPS) is 15.5. The number of hydrogen-bond donors (Lipinski definition) is 0. The van der Waals surface area contributed by atoms with Crippen LogP contribution < -0.4 is 4.31 Å². The lowest BCUT2D eigenvalue weighted by atomic mass is 10.2. The Morgan fingerprint density at radius 2 is 1.67 bits per heavy atom. The summed E-state index contributed by atoms with van der Waals surface area (Å²) in [6, 6.07) is 17.3. The van der Waals surface area contributed by atoms with Crippen molar-refractivity contribution < 1.29 is 13.2 Å². The lowest BCUT2D eigenvalue weighted by Gasteiger charge is -2.35. The molecule has 0 aromatic heterocycles. The van der Waals surface area contributed by atoms with E-state index in [2.05, 4.69) is 51.8 Å². The molecule has 160 valence electrons. The fourth-order valence-corrected chi connectivity index (χ4v) is 4.52. The highest BCUT2D eigenvalue weighted by Gasteiger charge is 2.26. The van der Waals surface area contributed by atoms with Crippen molar-refractivity contribution in [2.75, 3.05) is 49.8 Å². The molecule has 1 amide bonds. The highest BCUT2D eigenvalue weighted by molar-refractivity contribution is 14.1. The molecule has 0 unspecified atom stereocenters. The third kappa shape index (κ3) is 6.55. The Bertz CT molecular complexity index is 970. The molecule has 1 aliphatic rings. The quantitative estimate of drug-likeness (QED) is 0.508. The maximum Gasteiger partial charge on any atom is 0.243 e.